The molecule has 0 unspecified atom stereocenters. The fourth-order valence-corrected chi connectivity index (χ4v) is 4.97. The van der Waals surface area contributed by atoms with Crippen LogP contribution in [0.2, 0.25) is 0 Å². The summed E-state index contributed by atoms with van der Waals surface area (Å²) in [5, 5.41) is 0.757. The van der Waals surface area contributed by atoms with Crippen LogP contribution in [0.1, 0.15) is 18.9 Å². The third-order valence-electron chi connectivity index (χ3n) is 5.87. The molecular formula is C21H27N5O2S. The fraction of sp³-hybridized carbons (Fsp3) is 0.429. The van der Waals surface area contributed by atoms with Crippen LogP contribution < -0.4 is 4.90 Å². The van der Waals surface area contributed by atoms with Gasteiger partial charge in [0.25, 0.3) is 0 Å². The first kappa shape index (κ1) is 19.8. The van der Waals surface area contributed by atoms with E-state index in [1.54, 1.807) is 12.3 Å². The second kappa shape index (κ2) is 7.76. The molecular weight excluding hydrogens is 386 g/mol. The molecule has 1 aliphatic heterocycles. The number of hydrogen-bond donors (Lipinski definition) is 0. The molecule has 2 atom stereocenters. The Labute approximate surface area is 172 Å². The summed E-state index contributed by atoms with van der Waals surface area (Å²) in [4.78, 5) is 13.4. The quantitative estimate of drug-likeness (QED) is 0.640. The van der Waals surface area contributed by atoms with E-state index in [1.807, 2.05) is 13.1 Å². The van der Waals surface area contributed by atoms with Crippen molar-refractivity contribution in [1.29, 1.82) is 0 Å². The predicted molar refractivity (Wildman–Crippen MR) is 115 cm³/mol. The molecule has 1 aromatic carbocycles. The second-order valence-electron chi connectivity index (χ2n) is 7.97. The first-order valence-electron chi connectivity index (χ1n) is 9.86. The number of rotatable bonds is 5. The van der Waals surface area contributed by atoms with Crippen molar-refractivity contribution in [3.8, 4) is 0 Å². The van der Waals surface area contributed by atoms with E-state index in [0.717, 1.165) is 37.3 Å². The van der Waals surface area contributed by atoms with Gasteiger partial charge in [-0.05, 0) is 30.5 Å². The molecule has 0 amide bonds. The van der Waals surface area contributed by atoms with Crippen LogP contribution in [0.5, 0.6) is 0 Å². The zero-order chi connectivity index (χ0) is 20.6. The Balaban J connectivity index is 1.61. The van der Waals surface area contributed by atoms with Crippen molar-refractivity contribution in [1.82, 2.24) is 18.8 Å². The van der Waals surface area contributed by atoms with E-state index in [1.165, 1.54) is 22.1 Å². The Kier molecular flexibility index (Phi) is 5.31. The molecule has 0 radical (unpaired) electrons. The molecule has 0 N–H and O–H groups in total. The SMILES string of the molecule is C[C@@H]1CCN(Cc2ccccc2)C[C@@H]1N(C)c1ncnc2c1ccn2S(C)(=O)=O. The number of anilines is 1. The number of hydrogen-bond acceptors (Lipinski definition) is 6. The first-order valence-corrected chi connectivity index (χ1v) is 11.7. The molecule has 8 heteroatoms. The minimum absolute atomic E-state index is 0.284. The topological polar surface area (TPSA) is 71.3 Å². The van der Waals surface area contributed by atoms with Gasteiger partial charge in [0, 0.05) is 32.4 Å². The number of piperidine rings is 1. The highest BCUT2D eigenvalue weighted by molar-refractivity contribution is 7.89. The van der Waals surface area contributed by atoms with Crippen molar-refractivity contribution < 1.29 is 8.42 Å². The summed E-state index contributed by atoms with van der Waals surface area (Å²) < 4.78 is 25.3. The monoisotopic (exact) mass is 413 g/mol. The number of nitrogens with zero attached hydrogens (tertiary/aromatic N) is 5. The Hall–Kier alpha value is -2.45. The summed E-state index contributed by atoms with van der Waals surface area (Å²) in [6.45, 7) is 5.22. The molecule has 4 rings (SSSR count). The highest BCUT2D eigenvalue weighted by Crippen LogP contribution is 2.30. The zero-order valence-corrected chi connectivity index (χ0v) is 17.9. The zero-order valence-electron chi connectivity index (χ0n) is 17.1. The number of fused-ring (bicyclic) bond motifs is 1. The molecule has 0 saturated carbocycles. The van der Waals surface area contributed by atoms with E-state index in [2.05, 4.69) is 51.0 Å². The molecule has 3 aromatic rings. The van der Waals surface area contributed by atoms with Crippen molar-refractivity contribution in [3.63, 3.8) is 0 Å². The smallest absolute Gasteiger partial charge is 0.237 e. The normalized spacial score (nSPS) is 20.8. The van der Waals surface area contributed by atoms with E-state index < -0.39 is 10.0 Å². The predicted octanol–water partition coefficient (Wildman–Crippen LogP) is 2.59. The van der Waals surface area contributed by atoms with Crippen molar-refractivity contribution >= 4 is 26.9 Å². The Morgan fingerprint density at radius 1 is 1.17 bits per heavy atom. The van der Waals surface area contributed by atoms with Crippen molar-refractivity contribution in [3.05, 3.63) is 54.5 Å². The number of aromatic nitrogens is 3. The fourth-order valence-electron chi connectivity index (χ4n) is 4.22. The van der Waals surface area contributed by atoms with Crippen molar-refractivity contribution in [2.45, 2.75) is 25.9 Å². The third kappa shape index (κ3) is 4.00. The van der Waals surface area contributed by atoms with Gasteiger partial charge in [0.05, 0.1) is 11.6 Å². The lowest BCUT2D eigenvalue weighted by molar-refractivity contribution is 0.159. The van der Waals surface area contributed by atoms with E-state index in [4.69, 9.17) is 0 Å². The highest BCUT2D eigenvalue weighted by atomic mass is 32.2. The van der Waals surface area contributed by atoms with E-state index in [-0.39, 0.29) is 6.04 Å². The van der Waals surface area contributed by atoms with Crippen LogP contribution in [0.4, 0.5) is 5.82 Å². The summed E-state index contributed by atoms with van der Waals surface area (Å²) >= 11 is 0. The Morgan fingerprint density at radius 3 is 2.66 bits per heavy atom. The first-order chi connectivity index (χ1) is 13.8. The second-order valence-corrected chi connectivity index (χ2v) is 9.83. The average molecular weight is 414 g/mol. The minimum Gasteiger partial charge on any atom is -0.354 e. The van der Waals surface area contributed by atoms with Gasteiger partial charge in [-0.25, -0.2) is 22.4 Å². The van der Waals surface area contributed by atoms with Gasteiger partial charge < -0.3 is 4.90 Å². The standard InChI is InChI=1S/C21H27N5O2S/c1-16-9-11-25(13-17-7-5-4-6-8-17)14-19(16)24(2)20-18-10-12-26(29(3,27)28)21(18)23-15-22-20/h4-8,10,12,15-16,19H,9,11,13-14H2,1-3H3/t16-,19+/m1/s1. The van der Waals surface area contributed by atoms with Gasteiger partial charge in [0.15, 0.2) is 5.65 Å². The van der Waals surface area contributed by atoms with E-state index in [9.17, 15) is 8.42 Å². The Morgan fingerprint density at radius 2 is 1.93 bits per heavy atom. The molecule has 29 heavy (non-hydrogen) atoms. The molecule has 7 nitrogen and oxygen atoms in total. The van der Waals surface area contributed by atoms with Gasteiger partial charge in [0.2, 0.25) is 10.0 Å². The molecule has 1 saturated heterocycles. The minimum atomic E-state index is -3.41. The maximum atomic E-state index is 12.0. The maximum absolute atomic E-state index is 12.0. The lowest BCUT2D eigenvalue weighted by Crippen LogP contribution is -2.50. The van der Waals surface area contributed by atoms with Crippen LogP contribution in [0.15, 0.2) is 48.9 Å². The van der Waals surface area contributed by atoms with Crippen LogP contribution in [0.25, 0.3) is 11.0 Å². The van der Waals surface area contributed by atoms with Crippen molar-refractivity contribution in [2.75, 3.05) is 31.3 Å². The highest BCUT2D eigenvalue weighted by Gasteiger charge is 2.31. The Bertz CT molecular complexity index is 1100. The van der Waals surface area contributed by atoms with Gasteiger partial charge in [0.1, 0.15) is 12.1 Å². The van der Waals surface area contributed by atoms with Crippen LogP contribution >= 0.6 is 0 Å². The lowest BCUT2D eigenvalue weighted by Gasteiger charge is -2.42. The average Bonchev–Trinajstić information content (AvgIpc) is 3.14. The number of likely N-dealkylation sites (N-methyl/N-ethyl adjacent to an activating group) is 1. The molecule has 0 bridgehead atoms. The molecule has 154 valence electrons. The van der Waals surface area contributed by atoms with Crippen LogP contribution in [0, 0.1) is 5.92 Å². The van der Waals surface area contributed by atoms with Gasteiger partial charge in [-0.3, -0.25) is 4.90 Å². The van der Waals surface area contributed by atoms with E-state index >= 15 is 0 Å². The largest absolute Gasteiger partial charge is 0.354 e. The van der Waals surface area contributed by atoms with Gasteiger partial charge in [-0.15, -0.1) is 0 Å². The summed E-state index contributed by atoms with van der Waals surface area (Å²) in [6.07, 6.45) is 5.30. The summed E-state index contributed by atoms with van der Waals surface area (Å²) in [7, 11) is -1.36. The third-order valence-corrected chi connectivity index (χ3v) is 6.88. The summed E-state index contributed by atoms with van der Waals surface area (Å²) in [5.74, 6) is 1.28. The van der Waals surface area contributed by atoms with Crippen LogP contribution in [-0.4, -0.2) is 59.7 Å². The molecule has 1 aliphatic rings. The van der Waals surface area contributed by atoms with Crippen LogP contribution in [-0.2, 0) is 16.6 Å². The molecule has 3 heterocycles. The lowest BCUT2D eigenvalue weighted by atomic mass is 9.92. The maximum Gasteiger partial charge on any atom is 0.237 e. The van der Waals surface area contributed by atoms with Crippen molar-refractivity contribution in [2.24, 2.45) is 5.92 Å². The van der Waals surface area contributed by atoms with Gasteiger partial charge in [-0.1, -0.05) is 37.3 Å². The number of benzene rings is 1. The number of likely N-dealkylation sites (tertiary alicyclic amines) is 1. The van der Waals surface area contributed by atoms with Crippen LogP contribution in [0.3, 0.4) is 0 Å². The molecule has 2 aromatic heterocycles. The molecule has 0 spiro atoms. The van der Waals surface area contributed by atoms with Gasteiger partial charge in [-0.2, -0.15) is 0 Å². The van der Waals surface area contributed by atoms with E-state index in [0.29, 0.717) is 11.6 Å². The van der Waals surface area contributed by atoms with Gasteiger partial charge >= 0.3 is 0 Å². The summed E-state index contributed by atoms with van der Waals surface area (Å²) in [6, 6.07) is 12.6. The summed E-state index contributed by atoms with van der Waals surface area (Å²) in [5.41, 5.74) is 1.74. The molecule has 1 fully saturated rings. The molecule has 0 aliphatic carbocycles.